The molecular weight excluding hydrogens is 510 g/mol. The van der Waals surface area contributed by atoms with Crippen LogP contribution in [0.3, 0.4) is 0 Å². The number of hydrogen-bond acceptors (Lipinski definition) is 3. The summed E-state index contributed by atoms with van der Waals surface area (Å²) in [5.41, 5.74) is 3.80. The van der Waals surface area contributed by atoms with Crippen LogP contribution in [0, 0.1) is 5.92 Å². The van der Waals surface area contributed by atoms with E-state index in [-0.39, 0.29) is 11.3 Å². The number of likely N-dealkylation sites (tertiary alicyclic amines) is 2. The summed E-state index contributed by atoms with van der Waals surface area (Å²) in [5.74, 6) is 0.704. The zero-order valence-corrected chi connectivity index (χ0v) is 22.5. The first-order valence-corrected chi connectivity index (χ1v) is 14.0. The molecule has 2 aliphatic rings. The van der Waals surface area contributed by atoms with Crippen LogP contribution >= 0.6 is 15.9 Å². The van der Waals surface area contributed by atoms with Gasteiger partial charge >= 0.3 is 0 Å². The summed E-state index contributed by atoms with van der Waals surface area (Å²) in [6, 6.07) is 29.6. The van der Waals surface area contributed by atoms with Gasteiger partial charge in [0.15, 0.2) is 0 Å². The summed E-state index contributed by atoms with van der Waals surface area (Å²) in [6.07, 6.45) is 4.74. The molecule has 0 radical (unpaired) electrons. The van der Waals surface area contributed by atoms with Crippen molar-refractivity contribution in [1.82, 2.24) is 9.80 Å². The van der Waals surface area contributed by atoms with Gasteiger partial charge in [-0.15, -0.1) is 0 Å². The van der Waals surface area contributed by atoms with Crippen LogP contribution in [0.25, 0.3) is 0 Å². The van der Waals surface area contributed by atoms with E-state index in [1.807, 2.05) is 30.3 Å². The molecule has 36 heavy (non-hydrogen) atoms. The predicted octanol–water partition coefficient (Wildman–Crippen LogP) is 6.33. The highest BCUT2D eigenvalue weighted by atomic mass is 79.9. The molecule has 0 saturated carbocycles. The lowest BCUT2D eigenvalue weighted by atomic mass is 9.62. The molecule has 1 atom stereocenters. The van der Waals surface area contributed by atoms with Crippen molar-refractivity contribution in [1.29, 1.82) is 0 Å². The number of rotatable bonds is 7. The average molecular weight is 547 g/mol. The van der Waals surface area contributed by atoms with E-state index >= 15 is 0 Å². The van der Waals surface area contributed by atoms with Crippen molar-refractivity contribution >= 4 is 27.5 Å². The zero-order chi connectivity index (χ0) is 24.8. The van der Waals surface area contributed by atoms with Crippen LogP contribution in [-0.4, -0.2) is 48.4 Å². The standard InChI is InChI=1S/C31H36BrN3O/c32-28-14-12-25(13-15-28)22-34-20-16-27(17-21-34)31(26-8-3-1-4-9-26)18-7-19-35(24-31)23-30(36)33-29-10-5-2-6-11-29/h1-6,8-15,27H,7,16-24H2,(H,33,36). The summed E-state index contributed by atoms with van der Waals surface area (Å²) in [7, 11) is 0. The quantitative estimate of drug-likeness (QED) is 0.376. The molecule has 188 valence electrons. The number of piperidine rings is 2. The molecule has 5 heteroatoms. The molecule has 0 spiro atoms. The van der Waals surface area contributed by atoms with E-state index in [2.05, 4.69) is 85.6 Å². The lowest BCUT2D eigenvalue weighted by molar-refractivity contribution is -0.118. The molecule has 2 heterocycles. The first-order valence-electron chi connectivity index (χ1n) is 13.2. The van der Waals surface area contributed by atoms with Crippen molar-refractivity contribution in [3.8, 4) is 0 Å². The smallest absolute Gasteiger partial charge is 0.238 e. The van der Waals surface area contributed by atoms with Crippen LogP contribution < -0.4 is 5.32 Å². The number of carbonyl (C=O) groups is 1. The van der Waals surface area contributed by atoms with Crippen molar-refractivity contribution in [3.05, 3.63) is 101 Å². The van der Waals surface area contributed by atoms with E-state index in [1.165, 1.54) is 30.4 Å². The van der Waals surface area contributed by atoms with Gasteiger partial charge in [-0.2, -0.15) is 0 Å². The van der Waals surface area contributed by atoms with E-state index in [9.17, 15) is 4.79 Å². The highest BCUT2D eigenvalue weighted by molar-refractivity contribution is 9.10. The fourth-order valence-electron chi connectivity index (χ4n) is 6.30. The van der Waals surface area contributed by atoms with Crippen LogP contribution in [0.4, 0.5) is 5.69 Å². The third-order valence-electron chi connectivity index (χ3n) is 8.06. The molecule has 2 saturated heterocycles. The molecule has 0 aromatic heterocycles. The minimum atomic E-state index is 0.0781. The monoisotopic (exact) mass is 545 g/mol. The number of carbonyl (C=O) groups excluding carboxylic acids is 1. The second-order valence-electron chi connectivity index (χ2n) is 10.4. The van der Waals surface area contributed by atoms with Crippen LogP contribution in [0.1, 0.15) is 36.8 Å². The predicted molar refractivity (Wildman–Crippen MR) is 151 cm³/mol. The van der Waals surface area contributed by atoms with Crippen LogP contribution in [0.2, 0.25) is 0 Å². The summed E-state index contributed by atoms with van der Waals surface area (Å²) in [6.45, 7) is 5.67. The maximum atomic E-state index is 12.9. The minimum absolute atomic E-state index is 0.0781. The molecule has 1 unspecified atom stereocenters. The number of hydrogen-bond donors (Lipinski definition) is 1. The van der Waals surface area contributed by atoms with Crippen LogP contribution in [0.15, 0.2) is 89.4 Å². The topological polar surface area (TPSA) is 35.6 Å². The number of halogens is 1. The van der Waals surface area contributed by atoms with Crippen molar-refractivity contribution < 1.29 is 4.79 Å². The minimum Gasteiger partial charge on any atom is -0.325 e. The summed E-state index contributed by atoms with van der Waals surface area (Å²) in [5, 5.41) is 3.08. The fourth-order valence-corrected chi connectivity index (χ4v) is 6.57. The van der Waals surface area contributed by atoms with Gasteiger partial charge in [-0.25, -0.2) is 0 Å². The van der Waals surface area contributed by atoms with Crippen molar-refractivity contribution in [2.24, 2.45) is 5.92 Å². The van der Waals surface area contributed by atoms with Crippen molar-refractivity contribution in [2.45, 2.75) is 37.6 Å². The van der Waals surface area contributed by atoms with Crippen molar-refractivity contribution in [2.75, 3.05) is 38.0 Å². The van der Waals surface area contributed by atoms with E-state index in [0.717, 1.165) is 49.3 Å². The lowest BCUT2D eigenvalue weighted by Gasteiger charge is -2.50. The number of benzene rings is 3. The Kier molecular flexibility index (Phi) is 8.20. The molecule has 1 amide bonds. The van der Waals surface area contributed by atoms with E-state index in [0.29, 0.717) is 12.5 Å². The van der Waals surface area contributed by atoms with Gasteiger partial charge in [-0.05, 0) is 86.6 Å². The fraction of sp³-hybridized carbons (Fsp3) is 0.387. The van der Waals surface area contributed by atoms with Crippen LogP contribution in [-0.2, 0) is 16.8 Å². The first kappa shape index (κ1) is 25.2. The highest BCUT2D eigenvalue weighted by Crippen LogP contribution is 2.45. The first-order chi connectivity index (χ1) is 17.6. The SMILES string of the molecule is O=C(CN1CCCC(c2ccccc2)(C2CCN(Cc3ccc(Br)cc3)CC2)C1)Nc1ccccc1. The zero-order valence-electron chi connectivity index (χ0n) is 20.9. The van der Waals surface area contributed by atoms with Gasteiger partial charge < -0.3 is 5.32 Å². The Bertz CT molecular complexity index is 1110. The maximum absolute atomic E-state index is 12.9. The molecule has 0 aliphatic carbocycles. The third-order valence-corrected chi connectivity index (χ3v) is 8.59. The molecule has 3 aromatic rings. The molecular formula is C31H36BrN3O. The third kappa shape index (κ3) is 6.08. The second kappa shape index (κ2) is 11.7. The molecule has 2 aliphatic heterocycles. The molecule has 1 N–H and O–H groups in total. The number of anilines is 1. The van der Waals surface area contributed by atoms with E-state index in [1.54, 1.807) is 0 Å². The number of nitrogens with zero attached hydrogens (tertiary/aromatic N) is 2. The van der Waals surface area contributed by atoms with Gasteiger partial charge in [-0.3, -0.25) is 14.6 Å². The van der Waals surface area contributed by atoms with E-state index < -0.39 is 0 Å². The van der Waals surface area contributed by atoms with Crippen LogP contribution in [0.5, 0.6) is 0 Å². The Hall–Kier alpha value is -2.47. The average Bonchev–Trinajstić information content (AvgIpc) is 2.91. The molecule has 5 rings (SSSR count). The Labute approximate surface area is 223 Å². The number of nitrogens with one attached hydrogen (secondary N) is 1. The van der Waals surface area contributed by atoms with Gasteiger partial charge in [-0.1, -0.05) is 76.6 Å². The van der Waals surface area contributed by atoms with Gasteiger partial charge in [0, 0.05) is 28.7 Å². The Morgan fingerprint density at radius 1 is 0.861 bits per heavy atom. The number of para-hydroxylation sites is 1. The van der Waals surface area contributed by atoms with E-state index in [4.69, 9.17) is 0 Å². The molecule has 3 aromatic carbocycles. The Morgan fingerprint density at radius 2 is 1.53 bits per heavy atom. The summed E-state index contributed by atoms with van der Waals surface area (Å²) >= 11 is 3.54. The Morgan fingerprint density at radius 3 is 2.22 bits per heavy atom. The normalized spacial score (nSPS) is 21.8. The molecule has 2 fully saturated rings. The lowest BCUT2D eigenvalue weighted by Crippen LogP contribution is -2.54. The molecule has 4 nitrogen and oxygen atoms in total. The van der Waals surface area contributed by atoms with Crippen molar-refractivity contribution in [3.63, 3.8) is 0 Å². The van der Waals surface area contributed by atoms with Gasteiger partial charge in [0.2, 0.25) is 5.91 Å². The molecule has 0 bridgehead atoms. The second-order valence-corrected chi connectivity index (χ2v) is 11.3. The number of amides is 1. The largest absolute Gasteiger partial charge is 0.325 e. The summed E-state index contributed by atoms with van der Waals surface area (Å²) in [4.78, 5) is 17.9. The van der Waals surface area contributed by atoms with Gasteiger partial charge in [0.05, 0.1) is 6.54 Å². The Balaban J connectivity index is 1.27. The van der Waals surface area contributed by atoms with Gasteiger partial charge in [0.1, 0.15) is 0 Å². The summed E-state index contributed by atoms with van der Waals surface area (Å²) < 4.78 is 1.13. The maximum Gasteiger partial charge on any atom is 0.238 e. The highest BCUT2D eigenvalue weighted by Gasteiger charge is 2.44. The van der Waals surface area contributed by atoms with Gasteiger partial charge in [0.25, 0.3) is 0 Å².